The Labute approximate surface area is 171 Å². The number of unbranched alkanes of at least 4 members (excludes halogenated alkanes) is 3. The van der Waals surface area contributed by atoms with Gasteiger partial charge in [-0.05, 0) is 68.6 Å². The van der Waals surface area contributed by atoms with Gasteiger partial charge in [0.2, 0.25) is 0 Å². The topological polar surface area (TPSA) is 35.5 Å². The first-order valence-corrected chi connectivity index (χ1v) is 11.7. The molecule has 0 aromatic heterocycles. The quantitative estimate of drug-likeness (QED) is 0.266. The van der Waals surface area contributed by atoms with Crippen LogP contribution in [0.15, 0.2) is 24.3 Å². The zero-order chi connectivity index (χ0) is 19.6. The van der Waals surface area contributed by atoms with Gasteiger partial charge in [0.25, 0.3) is 0 Å². The van der Waals surface area contributed by atoms with Crippen molar-refractivity contribution in [2.75, 3.05) is 6.61 Å². The highest BCUT2D eigenvalue weighted by molar-refractivity contribution is 5.75. The summed E-state index contributed by atoms with van der Waals surface area (Å²) in [6, 6.07) is 8.27. The molecule has 156 valence electrons. The SMILES string of the molecule is CCCCCCOC1CCC(C(=O)Oc2ccc(C3CCCCC3)cc2)CC1. The third-order valence-corrected chi connectivity index (χ3v) is 6.53. The molecule has 0 N–H and O–H groups in total. The minimum atomic E-state index is -0.0631. The van der Waals surface area contributed by atoms with Crippen LogP contribution in [0, 0.1) is 5.92 Å². The molecule has 0 bridgehead atoms. The van der Waals surface area contributed by atoms with E-state index in [1.165, 1.54) is 56.9 Å². The average molecular weight is 387 g/mol. The van der Waals surface area contributed by atoms with E-state index in [1.807, 2.05) is 12.1 Å². The van der Waals surface area contributed by atoms with E-state index in [2.05, 4.69) is 19.1 Å². The van der Waals surface area contributed by atoms with E-state index >= 15 is 0 Å². The fraction of sp³-hybridized carbons (Fsp3) is 0.720. The molecule has 3 heteroatoms. The molecule has 1 aromatic rings. The third-order valence-electron chi connectivity index (χ3n) is 6.53. The first-order valence-electron chi connectivity index (χ1n) is 11.7. The van der Waals surface area contributed by atoms with Crippen molar-refractivity contribution < 1.29 is 14.3 Å². The van der Waals surface area contributed by atoms with E-state index in [-0.39, 0.29) is 11.9 Å². The standard InChI is InChI=1S/C25H38O3/c1-2-3-4-8-19-27-23-15-13-22(14-16-23)25(26)28-24-17-11-21(12-18-24)20-9-6-5-7-10-20/h11-12,17-18,20,22-23H,2-10,13-16,19H2,1H3. The highest BCUT2D eigenvalue weighted by Crippen LogP contribution is 2.33. The molecule has 2 fully saturated rings. The van der Waals surface area contributed by atoms with Gasteiger partial charge in [0.1, 0.15) is 5.75 Å². The summed E-state index contributed by atoms with van der Waals surface area (Å²) in [6.45, 7) is 3.10. The first-order chi connectivity index (χ1) is 13.8. The summed E-state index contributed by atoms with van der Waals surface area (Å²) in [4.78, 5) is 12.5. The number of benzene rings is 1. The van der Waals surface area contributed by atoms with Crippen LogP contribution in [0.5, 0.6) is 5.75 Å². The van der Waals surface area contributed by atoms with Crippen LogP contribution in [0.3, 0.4) is 0 Å². The number of rotatable bonds is 9. The summed E-state index contributed by atoms with van der Waals surface area (Å²) in [5, 5.41) is 0. The average Bonchev–Trinajstić information content (AvgIpc) is 2.75. The number of ether oxygens (including phenoxy) is 2. The van der Waals surface area contributed by atoms with Crippen LogP contribution in [-0.4, -0.2) is 18.7 Å². The van der Waals surface area contributed by atoms with Gasteiger partial charge >= 0.3 is 5.97 Å². The van der Waals surface area contributed by atoms with E-state index in [9.17, 15) is 4.79 Å². The smallest absolute Gasteiger partial charge is 0.314 e. The van der Waals surface area contributed by atoms with Crippen LogP contribution < -0.4 is 4.74 Å². The van der Waals surface area contributed by atoms with Crippen molar-refractivity contribution >= 4 is 5.97 Å². The third kappa shape index (κ3) is 6.62. The molecule has 0 amide bonds. The summed E-state index contributed by atoms with van der Waals surface area (Å²) in [6.07, 6.45) is 15.7. The molecule has 1 aromatic carbocycles. The highest BCUT2D eigenvalue weighted by Gasteiger charge is 2.28. The lowest BCUT2D eigenvalue weighted by Crippen LogP contribution is -2.29. The van der Waals surface area contributed by atoms with Crippen LogP contribution >= 0.6 is 0 Å². The molecule has 28 heavy (non-hydrogen) atoms. The molecule has 0 heterocycles. The van der Waals surface area contributed by atoms with Crippen molar-refractivity contribution in [1.82, 2.24) is 0 Å². The Morgan fingerprint density at radius 3 is 2.29 bits per heavy atom. The van der Waals surface area contributed by atoms with Gasteiger partial charge in [-0.1, -0.05) is 57.6 Å². The second kappa shape index (κ2) is 11.6. The molecule has 0 atom stereocenters. The summed E-state index contributed by atoms with van der Waals surface area (Å²) >= 11 is 0. The van der Waals surface area contributed by atoms with Gasteiger partial charge in [-0.15, -0.1) is 0 Å². The second-order valence-electron chi connectivity index (χ2n) is 8.73. The van der Waals surface area contributed by atoms with Gasteiger partial charge in [-0.2, -0.15) is 0 Å². The van der Waals surface area contributed by atoms with Gasteiger partial charge in [0.05, 0.1) is 12.0 Å². The minimum Gasteiger partial charge on any atom is -0.426 e. The van der Waals surface area contributed by atoms with E-state index in [4.69, 9.17) is 9.47 Å². The molecule has 0 radical (unpaired) electrons. The van der Waals surface area contributed by atoms with Crippen LogP contribution in [0.4, 0.5) is 0 Å². The van der Waals surface area contributed by atoms with E-state index in [1.54, 1.807) is 0 Å². The molecular formula is C25H38O3. The van der Waals surface area contributed by atoms with Gasteiger partial charge in [0, 0.05) is 6.61 Å². The Bertz CT molecular complexity index is 566. The summed E-state index contributed by atoms with van der Waals surface area (Å²) < 4.78 is 11.7. The monoisotopic (exact) mass is 386 g/mol. The molecule has 0 aliphatic heterocycles. The van der Waals surface area contributed by atoms with Gasteiger partial charge in [-0.3, -0.25) is 4.79 Å². The van der Waals surface area contributed by atoms with Crippen molar-refractivity contribution in [3.63, 3.8) is 0 Å². The zero-order valence-corrected chi connectivity index (χ0v) is 17.7. The maximum Gasteiger partial charge on any atom is 0.314 e. The number of hydrogen-bond donors (Lipinski definition) is 0. The Hall–Kier alpha value is -1.35. The van der Waals surface area contributed by atoms with Crippen LogP contribution in [0.2, 0.25) is 0 Å². The number of carbonyl (C=O) groups is 1. The van der Waals surface area contributed by atoms with Gasteiger partial charge in [0.15, 0.2) is 0 Å². The highest BCUT2D eigenvalue weighted by atomic mass is 16.5. The lowest BCUT2D eigenvalue weighted by Gasteiger charge is -2.27. The molecule has 2 saturated carbocycles. The predicted molar refractivity (Wildman–Crippen MR) is 114 cm³/mol. The van der Waals surface area contributed by atoms with Crippen LogP contribution in [0.25, 0.3) is 0 Å². The summed E-state index contributed by atoms with van der Waals surface area (Å²) in [5.74, 6) is 1.35. The second-order valence-corrected chi connectivity index (χ2v) is 8.73. The fourth-order valence-electron chi connectivity index (χ4n) is 4.69. The largest absolute Gasteiger partial charge is 0.426 e. The number of esters is 1. The molecule has 2 aliphatic carbocycles. The minimum absolute atomic E-state index is 0.0259. The lowest BCUT2D eigenvalue weighted by atomic mass is 9.84. The maximum absolute atomic E-state index is 12.5. The Morgan fingerprint density at radius 2 is 1.61 bits per heavy atom. The van der Waals surface area contributed by atoms with Gasteiger partial charge < -0.3 is 9.47 Å². The van der Waals surface area contributed by atoms with Crippen molar-refractivity contribution in [3.05, 3.63) is 29.8 Å². The summed E-state index contributed by atoms with van der Waals surface area (Å²) in [7, 11) is 0. The summed E-state index contributed by atoms with van der Waals surface area (Å²) in [5.41, 5.74) is 1.40. The maximum atomic E-state index is 12.5. The van der Waals surface area contributed by atoms with E-state index < -0.39 is 0 Å². The van der Waals surface area contributed by atoms with Crippen molar-refractivity contribution in [1.29, 1.82) is 0 Å². The fourth-order valence-corrected chi connectivity index (χ4v) is 4.69. The number of carbonyl (C=O) groups excluding carboxylic acids is 1. The van der Waals surface area contributed by atoms with Gasteiger partial charge in [-0.25, -0.2) is 0 Å². The molecule has 3 nitrogen and oxygen atoms in total. The van der Waals surface area contributed by atoms with Crippen molar-refractivity contribution in [3.8, 4) is 5.75 Å². The number of hydrogen-bond acceptors (Lipinski definition) is 3. The predicted octanol–water partition coefficient (Wildman–Crippen LogP) is 6.80. The normalized spacial score (nSPS) is 23.5. The van der Waals surface area contributed by atoms with Crippen molar-refractivity contribution in [2.45, 2.75) is 102 Å². The molecule has 0 saturated heterocycles. The molecule has 0 unspecified atom stereocenters. The Kier molecular flexibility index (Phi) is 8.85. The van der Waals surface area contributed by atoms with E-state index in [0.717, 1.165) is 38.7 Å². The van der Waals surface area contributed by atoms with Crippen LogP contribution in [0.1, 0.15) is 102 Å². The lowest BCUT2D eigenvalue weighted by molar-refractivity contribution is -0.141. The van der Waals surface area contributed by atoms with Crippen molar-refractivity contribution in [2.24, 2.45) is 5.92 Å². The molecule has 0 spiro atoms. The molecule has 3 rings (SSSR count). The zero-order valence-electron chi connectivity index (χ0n) is 17.7. The molecule has 2 aliphatic rings. The first kappa shape index (κ1) is 21.4. The molecular weight excluding hydrogens is 348 g/mol. The Morgan fingerprint density at radius 1 is 0.893 bits per heavy atom. The van der Waals surface area contributed by atoms with E-state index in [0.29, 0.717) is 17.8 Å². The van der Waals surface area contributed by atoms with Crippen LogP contribution in [-0.2, 0) is 9.53 Å². The Balaban J connectivity index is 1.37.